The standard InChI is InChI=1S/C15H16N2O3S/c1-17-8-11(10-4-2-3-5-12(10)17)13(18)16-15(14(19)20)6-7-21-9-15/h2-5,8H,6-7,9H2,1H3,(H,16,18)(H,19,20). The van der Waals surface area contributed by atoms with Gasteiger partial charge in [-0.3, -0.25) is 4.79 Å². The summed E-state index contributed by atoms with van der Waals surface area (Å²) in [6.45, 7) is 0. The number of carbonyl (C=O) groups is 2. The number of nitrogens with one attached hydrogen (secondary N) is 1. The zero-order valence-corrected chi connectivity index (χ0v) is 12.4. The molecule has 0 saturated carbocycles. The third kappa shape index (κ3) is 2.29. The maximum absolute atomic E-state index is 12.5. The molecule has 5 nitrogen and oxygen atoms in total. The van der Waals surface area contributed by atoms with Gasteiger partial charge in [-0.05, 0) is 18.2 Å². The largest absolute Gasteiger partial charge is 0.479 e. The van der Waals surface area contributed by atoms with Crippen molar-refractivity contribution in [2.75, 3.05) is 11.5 Å². The van der Waals surface area contributed by atoms with E-state index in [0.717, 1.165) is 16.7 Å². The van der Waals surface area contributed by atoms with E-state index in [4.69, 9.17) is 0 Å². The van der Waals surface area contributed by atoms with Gasteiger partial charge in [0, 0.05) is 29.9 Å². The van der Waals surface area contributed by atoms with Crippen LogP contribution in [0.4, 0.5) is 0 Å². The quantitative estimate of drug-likeness (QED) is 0.908. The molecule has 0 radical (unpaired) electrons. The Bertz CT molecular complexity index is 717. The molecule has 6 heteroatoms. The van der Waals surface area contributed by atoms with Crippen molar-refractivity contribution in [2.24, 2.45) is 7.05 Å². The molecule has 1 fully saturated rings. The van der Waals surface area contributed by atoms with Crippen LogP contribution in [-0.4, -0.2) is 38.6 Å². The van der Waals surface area contributed by atoms with Crippen LogP contribution >= 0.6 is 11.8 Å². The second-order valence-corrected chi connectivity index (χ2v) is 6.42. The number of aryl methyl sites for hydroxylation is 1. The topological polar surface area (TPSA) is 71.3 Å². The van der Waals surface area contributed by atoms with Gasteiger partial charge in [0.2, 0.25) is 0 Å². The summed E-state index contributed by atoms with van der Waals surface area (Å²) in [7, 11) is 1.87. The van der Waals surface area contributed by atoms with E-state index in [9.17, 15) is 14.7 Å². The maximum Gasteiger partial charge on any atom is 0.330 e. The van der Waals surface area contributed by atoms with Gasteiger partial charge in [0.1, 0.15) is 5.54 Å². The van der Waals surface area contributed by atoms with Gasteiger partial charge in [0.25, 0.3) is 5.91 Å². The average molecular weight is 304 g/mol. The number of benzene rings is 1. The van der Waals surface area contributed by atoms with Gasteiger partial charge in [-0.25, -0.2) is 4.79 Å². The number of amides is 1. The van der Waals surface area contributed by atoms with Crippen LogP contribution in [0.3, 0.4) is 0 Å². The minimum absolute atomic E-state index is 0.322. The van der Waals surface area contributed by atoms with Crippen molar-refractivity contribution in [3.8, 4) is 0 Å². The van der Waals surface area contributed by atoms with Crippen LogP contribution in [0.1, 0.15) is 16.8 Å². The molecule has 21 heavy (non-hydrogen) atoms. The van der Waals surface area contributed by atoms with E-state index in [0.29, 0.717) is 17.7 Å². The van der Waals surface area contributed by atoms with Crippen molar-refractivity contribution in [1.29, 1.82) is 0 Å². The van der Waals surface area contributed by atoms with Crippen LogP contribution in [0.2, 0.25) is 0 Å². The number of fused-ring (bicyclic) bond motifs is 1. The summed E-state index contributed by atoms with van der Waals surface area (Å²) in [5.74, 6) is -0.112. The minimum Gasteiger partial charge on any atom is -0.479 e. The van der Waals surface area contributed by atoms with E-state index in [1.54, 1.807) is 18.0 Å². The molecule has 1 unspecified atom stereocenters. The highest BCUT2D eigenvalue weighted by Crippen LogP contribution is 2.29. The van der Waals surface area contributed by atoms with Gasteiger partial charge in [0.05, 0.1) is 5.56 Å². The monoisotopic (exact) mass is 304 g/mol. The summed E-state index contributed by atoms with van der Waals surface area (Å²) in [6, 6.07) is 7.60. The Kier molecular flexibility index (Phi) is 3.41. The molecule has 1 saturated heterocycles. The molecule has 1 amide bonds. The second-order valence-electron chi connectivity index (χ2n) is 5.31. The fourth-order valence-corrected chi connectivity index (χ4v) is 4.02. The van der Waals surface area contributed by atoms with Crippen molar-refractivity contribution in [3.05, 3.63) is 36.0 Å². The SMILES string of the molecule is Cn1cc(C(=O)NC2(C(=O)O)CCSC2)c2ccccc21. The number of aliphatic carboxylic acids is 1. The molecule has 1 aliphatic rings. The summed E-state index contributed by atoms with van der Waals surface area (Å²) in [6.07, 6.45) is 2.21. The zero-order valence-electron chi connectivity index (χ0n) is 11.6. The van der Waals surface area contributed by atoms with Crippen molar-refractivity contribution >= 4 is 34.5 Å². The number of rotatable bonds is 3. The van der Waals surface area contributed by atoms with Gasteiger partial charge in [-0.2, -0.15) is 11.8 Å². The predicted molar refractivity (Wildman–Crippen MR) is 82.7 cm³/mol. The van der Waals surface area contributed by atoms with Gasteiger partial charge in [0.15, 0.2) is 0 Å². The molecule has 3 rings (SSSR count). The third-order valence-corrected chi connectivity index (χ3v) is 5.12. The number of aromatic nitrogens is 1. The van der Waals surface area contributed by atoms with Crippen LogP contribution in [0, 0.1) is 0 Å². The summed E-state index contributed by atoms with van der Waals surface area (Å²) in [5, 5.41) is 13.0. The van der Waals surface area contributed by atoms with Gasteiger partial charge >= 0.3 is 5.97 Å². The third-order valence-electron chi connectivity index (χ3n) is 3.93. The Morgan fingerprint density at radius 3 is 2.81 bits per heavy atom. The summed E-state index contributed by atoms with van der Waals surface area (Å²) < 4.78 is 1.88. The van der Waals surface area contributed by atoms with Crippen LogP contribution in [0.5, 0.6) is 0 Å². The van der Waals surface area contributed by atoms with Crippen LogP contribution in [0.25, 0.3) is 10.9 Å². The normalized spacial score (nSPS) is 21.6. The van der Waals surface area contributed by atoms with Gasteiger partial charge < -0.3 is 15.0 Å². The van der Waals surface area contributed by atoms with E-state index in [-0.39, 0.29) is 5.91 Å². The van der Waals surface area contributed by atoms with Crippen molar-refractivity contribution in [3.63, 3.8) is 0 Å². The lowest BCUT2D eigenvalue weighted by atomic mass is 9.98. The summed E-state index contributed by atoms with van der Waals surface area (Å²) in [4.78, 5) is 24.1. The highest BCUT2D eigenvalue weighted by molar-refractivity contribution is 7.99. The smallest absolute Gasteiger partial charge is 0.330 e. The zero-order chi connectivity index (χ0) is 15.0. The molecule has 1 aromatic heterocycles. The van der Waals surface area contributed by atoms with E-state index in [2.05, 4.69) is 5.32 Å². The average Bonchev–Trinajstić information content (AvgIpc) is 3.06. The fraction of sp³-hybridized carbons (Fsp3) is 0.333. The first-order valence-corrected chi connectivity index (χ1v) is 7.87. The van der Waals surface area contributed by atoms with E-state index >= 15 is 0 Å². The van der Waals surface area contributed by atoms with E-state index < -0.39 is 11.5 Å². The number of nitrogens with zero attached hydrogens (tertiary/aromatic N) is 1. The Morgan fingerprint density at radius 2 is 2.14 bits per heavy atom. The molecule has 2 heterocycles. The summed E-state index contributed by atoms with van der Waals surface area (Å²) >= 11 is 1.55. The number of carbonyl (C=O) groups excluding carboxylic acids is 1. The number of carboxylic acids is 1. The Labute approximate surface area is 126 Å². The molecule has 1 atom stereocenters. The van der Waals surface area contributed by atoms with Crippen LogP contribution < -0.4 is 5.32 Å². The molecule has 2 aromatic rings. The first-order valence-electron chi connectivity index (χ1n) is 6.71. The lowest BCUT2D eigenvalue weighted by molar-refractivity contribution is -0.143. The molecule has 0 bridgehead atoms. The molecule has 0 aliphatic carbocycles. The van der Waals surface area contributed by atoms with Crippen LogP contribution in [-0.2, 0) is 11.8 Å². The number of hydrogen-bond donors (Lipinski definition) is 2. The van der Waals surface area contributed by atoms with Crippen molar-refractivity contribution < 1.29 is 14.7 Å². The van der Waals surface area contributed by atoms with Gasteiger partial charge in [-0.1, -0.05) is 18.2 Å². The first-order chi connectivity index (χ1) is 10.0. The minimum atomic E-state index is -1.14. The van der Waals surface area contributed by atoms with E-state index in [1.165, 1.54) is 0 Å². The number of hydrogen-bond acceptors (Lipinski definition) is 3. The molecular formula is C15H16N2O3S. The molecule has 1 aliphatic heterocycles. The molecule has 1 aromatic carbocycles. The lowest BCUT2D eigenvalue weighted by Crippen LogP contribution is -2.54. The number of para-hydroxylation sites is 1. The molecule has 0 spiro atoms. The summed E-state index contributed by atoms with van der Waals surface area (Å²) in [5.41, 5.74) is 0.331. The number of carboxylic acid groups (broad SMARTS) is 1. The Morgan fingerprint density at radius 1 is 1.38 bits per heavy atom. The molecule has 110 valence electrons. The van der Waals surface area contributed by atoms with Gasteiger partial charge in [-0.15, -0.1) is 0 Å². The number of thioether (sulfide) groups is 1. The fourth-order valence-electron chi connectivity index (χ4n) is 2.69. The Balaban J connectivity index is 1.96. The lowest BCUT2D eigenvalue weighted by Gasteiger charge is -2.24. The highest BCUT2D eigenvalue weighted by atomic mass is 32.2. The van der Waals surface area contributed by atoms with Crippen LogP contribution in [0.15, 0.2) is 30.5 Å². The van der Waals surface area contributed by atoms with Crippen molar-refractivity contribution in [2.45, 2.75) is 12.0 Å². The first kappa shape index (κ1) is 14.0. The van der Waals surface area contributed by atoms with E-state index in [1.807, 2.05) is 35.9 Å². The Hall–Kier alpha value is -1.95. The maximum atomic E-state index is 12.5. The predicted octanol–water partition coefficient (Wildman–Crippen LogP) is 1.87. The van der Waals surface area contributed by atoms with Crippen molar-refractivity contribution in [1.82, 2.24) is 9.88 Å². The highest BCUT2D eigenvalue weighted by Gasteiger charge is 2.43. The molecule has 2 N–H and O–H groups in total. The molecular weight excluding hydrogens is 288 g/mol. The second kappa shape index (κ2) is 5.11.